The van der Waals surface area contributed by atoms with Gasteiger partial charge < -0.3 is 20.6 Å². The van der Waals surface area contributed by atoms with E-state index in [2.05, 4.69) is 10.6 Å². The molecule has 3 N–H and O–H groups in total. The number of β-amino-alcohol motifs (C(OH)–C–C–N with tert-alkyl or cyclic N) is 1. The van der Waals surface area contributed by atoms with E-state index in [1.54, 1.807) is 0 Å². The van der Waals surface area contributed by atoms with Crippen LogP contribution in [0.1, 0.15) is 24.8 Å². The number of aliphatic hydroxyl groups excluding tert-OH is 1. The molecule has 0 radical (unpaired) electrons. The number of aliphatic hydroxyl groups is 1. The standard InChI is InChI=1S/C20H29N3O3/c24-18-14-21-12-17(18)13-22-20(26)16-8-10-23(11-9-16)19(25)7-6-15-4-2-1-3-5-15/h1-5,16-18,21,24H,6-14H2,(H,22,26). The Kier molecular flexibility index (Phi) is 6.63. The minimum Gasteiger partial charge on any atom is -0.391 e. The van der Waals surface area contributed by atoms with E-state index in [0.29, 0.717) is 45.4 Å². The van der Waals surface area contributed by atoms with E-state index in [0.717, 1.165) is 13.0 Å². The van der Waals surface area contributed by atoms with Crippen LogP contribution in [0.2, 0.25) is 0 Å². The molecule has 0 aromatic heterocycles. The van der Waals surface area contributed by atoms with Gasteiger partial charge in [0.25, 0.3) is 0 Å². The van der Waals surface area contributed by atoms with Gasteiger partial charge in [0.2, 0.25) is 11.8 Å². The van der Waals surface area contributed by atoms with Crippen LogP contribution in [-0.4, -0.2) is 60.6 Å². The molecule has 6 heteroatoms. The minimum atomic E-state index is -0.376. The Balaban J connectivity index is 1.36. The smallest absolute Gasteiger partial charge is 0.223 e. The lowest BCUT2D eigenvalue weighted by molar-refractivity contribution is -0.135. The molecule has 2 amide bonds. The number of aryl methyl sites for hydroxylation is 1. The number of carbonyl (C=O) groups is 2. The van der Waals surface area contributed by atoms with Gasteiger partial charge in [-0.25, -0.2) is 0 Å². The highest BCUT2D eigenvalue weighted by Gasteiger charge is 2.29. The molecule has 0 saturated carbocycles. The van der Waals surface area contributed by atoms with Crippen molar-refractivity contribution in [2.45, 2.75) is 31.8 Å². The first-order chi connectivity index (χ1) is 12.6. The van der Waals surface area contributed by atoms with Crippen molar-refractivity contribution in [2.24, 2.45) is 11.8 Å². The third-order valence-corrected chi connectivity index (χ3v) is 5.53. The van der Waals surface area contributed by atoms with Crippen LogP contribution >= 0.6 is 0 Å². The van der Waals surface area contributed by atoms with Gasteiger partial charge in [-0.05, 0) is 24.8 Å². The van der Waals surface area contributed by atoms with Gasteiger partial charge in [-0.3, -0.25) is 9.59 Å². The predicted molar refractivity (Wildman–Crippen MR) is 99.4 cm³/mol. The first-order valence-electron chi connectivity index (χ1n) is 9.61. The van der Waals surface area contributed by atoms with E-state index in [1.807, 2.05) is 35.2 Å². The number of benzene rings is 1. The summed E-state index contributed by atoms with van der Waals surface area (Å²) in [4.78, 5) is 26.6. The SMILES string of the molecule is O=C(NCC1CNCC1O)C1CCN(C(=O)CCc2ccccc2)CC1. The van der Waals surface area contributed by atoms with Crippen LogP contribution in [0.4, 0.5) is 0 Å². The topological polar surface area (TPSA) is 81.7 Å². The molecule has 2 aliphatic rings. The highest BCUT2D eigenvalue weighted by molar-refractivity contribution is 5.80. The Hall–Kier alpha value is -1.92. The van der Waals surface area contributed by atoms with Gasteiger partial charge in [-0.2, -0.15) is 0 Å². The molecule has 142 valence electrons. The zero-order valence-corrected chi connectivity index (χ0v) is 15.2. The van der Waals surface area contributed by atoms with Crippen LogP contribution in [0.15, 0.2) is 30.3 Å². The second-order valence-corrected chi connectivity index (χ2v) is 7.37. The molecule has 26 heavy (non-hydrogen) atoms. The van der Waals surface area contributed by atoms with Gasteiger partial charge in [-0.15, -0.1) is 0 Å². The van der Waals surface area contributed by atoms with Gasteiger partial charge >= 0.3 is 0 Å². The van der Waals surface area contributed by atoms with Crippen LogP contribution in [0.25, 0.3) is 0 Å². The zero-order chi connectivity index (χ0) is 18.4. The molecule has 0 aliphatic carbocycles. The number of nitrogens with zero attached hydrogens (tertiary/aromatic N) is 1. The summed E-state index contributed by atoms with van der Waals surface area (Å²) < 4.78 is 0. The number of likely N-dealkylation sites (tertiary alicyclic amines) is 1. The molecule has 2 saturated heterocycles. The van der Waals surface area contributed by atoms with Gasteiger partial charge in [0.05, 0.1) is 6.10 Å². The first kappa shape index (κ1) is 18.9. The molecule has 1 aromatic carbocycles. The van der Waals surface area contributed by atoms with Gasteiger partial charge in [0.1, 0.15) is 0 Å². The third-order valence-electron chi connectivity index (χ3n) is 5.53. The molecule has 2 unspecified atom stereocenters. The summed E-state index contributed by atoms with van der Waals surface area (Å²) in [5.74, 6) is 0.298. The summed E-state index contributed by atoms with van der Waals surface area (Å²) in [6.07, 6.45) is 2.34. The lowest BCUT2D eigenvalue weighted by Gasteiger charge is -2.31. The molecular weight excluding hydrogens is 330 g/mol. The number of hydrogen-bond acceptors (Lipinski definition) is 4. The maximum absolute atomic E-state index is 12.4. The Bertz CT molecular complexity index is 600. The summed E-state index contributed by atoms with van der Waals surface area (Å²) >= 11 is 0. The second-order valence-electron chi connectivity index (χ2n) is 7.37. The Morgan fingerprint density at radius 3 is 2.54 bits per heavy atom. The van der Waals surface area contributed by atoms with Crippen molar-refractivity contribution < 1.29 is 14.7 Å². The van der Waals surface area contributed by atoms with E-state index in [9.17, 15) is 14.7 Å². The number of hydrogen-bond donors (Lipinski definition) is 3. The molecule has 6 nitrogen and oxygen atoms in total. The van der Waals surface area contributed by atoms with Crippen molar-refractivity contribution in [3.05, 3.63) is 35.9 Å². The maximum atomic E-state index is 12.4. The summed E-state index contributed by atoms with van der Waals surface area (Å²) in [5, 5.41) is 15.9. The molecule has 2 atom stereocenters. The molecular formula is C20H29N3O3. The Morgan fingerprint density at radius 2 is 1.88 bits per heavy atom. The van der Waals surface area contributed by atoms with E-state index >= 15 is 0 Å². The minimum absolute atomic E-state index is 0.0281. The summed E-state index contributed by atoms with van der Waals surface area (Å²) in [6.45, 7) is 3.17. The summed E-state index contributed by atoms with van der Waals surface area (Å²) in [7, 11) is 0. The summed E-state index contributed by atoms with van der Waals surface area (Å²) in [5.41, 5.74) is 1.18. The van der Waals surface area contributed by atoms with Crippen molar-refractivity contribution >= 4 is 11.8 Å². The first-order valence-corrected chi connectivity index (χ1v) is 9.61. The second kappa shape index (κ2) is 9.14. The fourth-order valence-corrected chi connectivity index (χ4v) is 3.75. The van der Waals surface area contributed by atoms with Crippen LogP contribution in [-0.2, 0) is 16.0 Å². The lowest BCUT2D eigenvalue weighted by atomic mass is 9.95. The number of amides is 2. The van der Waals surface area contributed by atoms with Crippen molar-refractivity contribution in [3.63, 3.8) is 0 Å². The van der Waals surface area contributed by atoms with E-state index in [4.69, 9.17) is 0 Å². The Morgan fingerprint density at radius 1 is 1.15 bits per heavy atom. The highest BCUT2D eigenvalue weighted by atomic mass is 16.3. The average Bonchev–Trinajstić information content (AvgIpc) is 3.10. The number of piperidine rings is 1. The van der Waals surface area contributed by atoms with Crippen LogP contribution < -0.4 is 10.6 Å². The molecule has 2 fully saturated rings. The molecule has 0 bridgehead atoms. The molecule has 1 aromatic rings. The molecule has 2 heterocycles. The van der Waals surface area contributed by atoms with E-state index in [1.165, 1.54) is 5.56 Å². The summed E-state index contributed by atoms with van der Waals surface area (Å²) in [6, 6.07) is 10.0. The van der Waals surface area contributed by atoms with E-state index in [-0.39, 0.29) is 29.8 Å². The van der Waals surface area contributed by atoms with Crippen LogP contribution in [0.5, 0.6) is 0 Å². The Labute approximate surface area is 155 Å². The van der Waals surface area contributed by atoms with Crippen LogP contribution in [0, 0.1) is 11.8 Å². The number of carbonyl (C=O) groups excluding carboxylic acids is 2. The third kappa shape index (κ3) is 5.05. The molecule has 3 rings (SSSR count). The molecule has 2 aliphatic heterocycles. The molecule has 0 spiro atoms. The van der Waals surface area contributed by atoms with Gasteiger partial charge in [0, 0.05) is 51.0 Å². The quantitative estimate of drug-likeness (QED) is 0.693. The maximum Gasteiger partial charge on any atom is 0.223 e. The van der Waals surface area contributed by atoms with Crippen molar-refractivity contribution in [2.75, 3.05) is 32.7 Å². The number of rotatable bonds is 6. The predicted octanol–water partition coefficient (Wildman–Crippen LogP) is 0.554. The average molecular weight is 359 g/mol. The normalized spacial score (nSPS) is 23.8. The van der Waals surface area contributed by atoms with Crippen LogP contribution in [0.3, 0.4) is 0 Å². The highest BCUT2D eigenvalue weighted by Crippen LogP contribution is 2.19. The zero-order valence-electron chi connectivity index (χ0n) is 15.2. The van der Waals surface area contributed by atoms with Crippen molar-refractivity contribution in [1.82, 2.24) is 15.5 Å². The van der Waals surface area contributed by atoms with E-state index < -0.39 is 0 Å². The monoisotopic (exact) mass is 359 g/mol. The van der Waals surface area contributed by atoms with Crippen molar-refractivity contribution in [1.29, 1.82) is 0 Å². The fraction of sp³-hybridized carbons (Fsp3) is 0.600. The number of nitrogens with one attached hydrogen (secondary N) is 2. The largest absolute Gasteiger partial charge is 0.391 e. The van der Waals surface area contributed by atoms with Gasteiger partial charge in [0.15, 0.2) is 0 Å². The fourth-order valence-electron chi connectivity index (χ4n) is 3.75. The van der Waals surface area contributed by atoms with Crippen molar-refractivity contribution in [3.8, 4) is 0 Å². The van der Waals surface area contributed by atoms with Gasteiger partial charge in [-0.1, -0.05) is 30.3 Å². The lowest BCUT2D eigenvalue weighted by Crippen LogP contribution is -2.44.